The first-order chi connectivity index (χ1) is 26.3. The van der Waals surface area contributed by atoms with Gasteiger partial charge in [0.05, 0.1) is 16.5 Å². The predicted octanol–water partition coefficient (Wildman–Crippen LogP) is 8.81. The number of hydrogen-bond donors (Lipinski definition) is 4. The van der Waals surface area contributed by atoms with Crippen molar-refractivity contribution < 1.29 is 34.2 Å². The van der Waals surface area contributed by atoms with Gasteiger partial charge in [-0.25, -0.2) is 4.79 Å². The quantitative estimate of drug-likeness (QED) is 0.107. The van der Waals surface area contributed by atoms with Gasteiger partial charge in [-0.05, 0) is 131 Å². The van der Waals surface area contributed by atoms with Gasteiger partial charge in [0.2, 0.25) is 5.91 Å². The maximum absolute atomic E-state index is 13.9. The number of amides is 3. The molecule has 10 nitrogen and oxygen atoms in total. The number of aryl methyl sites for hydroxylation is 2. The molecule has 3 aromatic rings. The molecule has 0 fully saturated rings. The summed E-state index contributed by atoms with van der Waals surface area (Å²) in [4.78, 5) is 67.0. The second-order valence-corrected chi connectivity index (χ2v) is 16.4. The molecule has 1 aromatic heterocycles. The summed E-state index contributed by atoms with van der Waals surface area (Å²) in [6.45, 7) is 7.36. The highest BCUT2D eigenvalue weighted by Gasteiger charge is 2.34. The number of carbonyl (C=O) groups excluding carboxylic acids is 3. The monoisotopic (exact) mass is 767 g/mol. The number of rotatable bonds is 17. The van der Waals surface area contributed by atoms with Gasteiger partial charge in [0, 0.05) is 35.1 Å². The molecule has 0 saturated carbocycles. The zero-order chi connectivity index (χ0) is 39.7. The zero-order valence-electron chi connectivity index (χ0n) is 32.3. The Morgan fingerprint density at radius 3 is 2.29 bits per heavy atom. The van der Waals surface area contributed by atoms with Crippen molar-refractivity contribution in [1.82, 2.24) is 10.2 Å². The molecule has 3 amide bonds. The molecular formula is C44H53N3O7S. The smallest absolute Gasteiger partial charge is 0.335 e. The standard InChI is InChI=1S/C44H53N3O7S/c1-5-34(6-2)47(37(48)26-44(3,4)43(53)54)27-30-13-10-14-32(25-30)39(49)46-41-38(35-15-7-8-16-36(35)55-41)40(50)45-33-23-19-29(20-24-33)12-9-11-28-17-21-31(22-18-28)42(51)52/h10,13-14,17-19,21-25,29,34H,5-9,11-12,15-16,20,26-27H2,1-4H3,(H,45,50)(H,46,49)(H,51,52)(H,53,54). The van der Waals surface area contributed by atoms with Crippen molar-refractivity contribution in [2.75, 3.05) is 5.32 Å². The molecule has 0 aliphatic heterocycles. The molecule has 2 aliphatic carbocycles. The van der Waals surface area contributed by atoms with E-state index in [2.05, 4.69) is 16.7 Å². The number of nitrogens with one attached hydrogen (secondary N) is 2. The van der Waals surface area contributed by atoms with Gasteiger partial charge in [-0.2, -0.15) is 0 Å². The van der Waals surface area contributed by atoms with Gasteiger partial charge in [0.25, 0.3) is 11.8 Å². The Morgan fingerprint density at radius 2 is 1.64 bits per heavy atom. The van der Waals surface area contributed by atoms with Gasteiger partial charge in [-0.1, -0.05) is 50.3 Å². The predicted molar refractivity (Wildman–Crippen MR) is 215 cm³/mol. The van der Waals surface area contributed by atoms with E-state index in [0.717, 1.165) is 78.6 Å². The minimum absolute atomic E-state index is 0.0788. The number of allylic oxidation sites excluding steroid dienone is 3. The summed E-state index contributed by atoms with van der Waals surface area (Å²) >= 11 is 1.46. The van der Waals surface area contributed by atoms with E-state index in [-0.39, 0.29) is 42.3 Å². The summed E-state index contributed by atoms with van der Waals surface area (Å²) in [5.74, 6) is -2.44. The molecule has 5 rings (SSSR count). The fourth-order valence-electron chi connectivity index (χ4n) is 7.33. The van der Waals surface area contributed by atoms with E-state index >= 15 is 0 Å². The van der Waals surface area contributed by atoms with Gasteiger partial charge in [0.1, 0.15) is 5.00 Å². The second kappa shape index (κ2) is 18.5. The van der Waals surface area contributed by atoms with Gasteiger partial charge in [0.15, 0.2) is 0 Å². The number of carboxylic acids is 2. The fourth-order valence-corrected chi connectivity index (χ4v) is 8.61. The Bertz CT molecular complexity index is 1960. The van der Waals surface area contributed by atoms with E-state index in [9.17, 15) is 29.1 Å². The molecular weight excluding hydrogens is 715 g/mol. The van der Waals surface area contributed by atoms with Crippen molar-refractivity contribution in [3.05, 3.63) is 111 Å². The van der Waals surface area contributed by atoms with Crippen LogP contribution < -0.4 is 10.6 Å². The van der Waals surface area contributed by atoms with E-state index in [4.69, 9.17) is 5.11 Å². The van der Waals surface area contributed by atoms with Crippen LogP contribution in [0.15, 0.2) is 72.5 Å². The lowest BCUT2D eigenvalue weighted by Crippen LogP contribution is -2.42. The van der Waals surface area contributed by atoms with Crippen LogP contribution in [-0.4, -0.2) is 50.8 Å². The number of nitrogens with zero attached hydrogens (tertiary/aromatic N) is 1. The Hall–Kier alpha value is -5.03. The second-order valence-electron chi connectivity index (χ2n) is 15.3. The van der Waals surface area contributed by atoms with Crippen molar-refractivity contribution >= 4 is 46.0 Å². The van der Waals surface area contributed by atoms with E-state index in [1.54, 1.807) is 49.1 Å². The van der Waals surface area contributed by atoms with Gasteiger partial charge in [-0.15, -0.1) is 11.3 Å². The summed E-state index contributed by atoms with van der Waals surface area (Å²) in [5.41, 5.74) is 3.59. The Labute approximate surface area is 327 Å². The number of benzene rings is 2. The van der Waals surface area contributed by atoms with Crippen molar-refractivity contribution in [3.63, 3.8) is 0 Å². The summed E-state index contributed by atoms with van der Waals surface area (Å²) in [6, 6.07) is 14.0. The first-order valence-corrected chi connectivity index (χ1v) is 20.2. The minimum Gasteiger partial charge on any atom is -0.481 e. The summed E-state index contributed by atoms with van der Waals surface area (Å²) in [6.07, 6.45) is 14.7. The first-order valence-electron chi connectivity index (χ1n) is 19.4. The lowest BCUT2D eigenvalue weighted by atomic mass is 9.88. The van der Waals surface area contributed by atoms with E-state index in [0.29, 0.717) is 34.9 Å². The SMILES string of the molecule is CCC(CC)N(Cc1cccc(C(=O)Nc2sc3c(c2C(=O)NC2=CCC(CCCc4ccc(C(=O)O)cc4)C=C2)CCCC3)c1)C(=O)CC(C)(C)C(=O)O. The third-order valence-corrected chi connectivity index (χ3v) is 11.9. The third-order valence-electron chi connectivity index (χ3n) is 10.7. The van der Waals surface area contributed by atoms with Crippen molar-refractivity contribution in [2.45, 2.75) is 111 Å². The zero-order valence-corrected chi connectivity index (χ0v) is 33.1. The summed E-state index contributed by atoms with van der Waals surface area (Å²) in [7, 11) is 0. The van der Waals surface area contributed by atoms with Gasteiger partial charge in [-0.3, -0.25) is 19.2 Å². The maximum Gasteiger partial charge on any atom is 0.335 e. The Balaban J connectivity index is 1.24. The number of anilines is 1. The number of hydrogen-bond acceptors (Lipinski definition) is 6. The number of aromatic carboxylic acids is 1. The highest BCUT2D eigenvalue weighted by Crippen LogP contribution is 2.39. The van der Waals surface area contributed by atoms with Crippen LogP contribution in [0, 0.1) is 11.3 Å². The number of carboxylic acid groups (broad SMARTS) is 2. The highest BCUT2D eigenvalue weighted by atomic mass is 32.1. The summed E-state index contributed by atoms with van der Waals surface area (Å²) in [5, 5.41) is 25.4. The van der Waals surface area contributed by atoms with E-state index in [1.807, 2.05) is 44.2 Å². The molecule has 2 aliphatic rings. The van der Waals surface area contributed by atoms with Crippen LogP contribution in [0.2, 0.25) is 0 Å². The fraction of sp³-hybridized carbons (Fsp3) is 0.432. The van der Waals surface area contributed by atoms with Crippen LogP contribution >= 0.6 is 11.3 Å². The number of aliphatic carboxylic acids is 1. The normalized spacial score (nSPS) is 15.2. The van der Waals surface area contributed by atoms with Crippen LogP contribution in [0.3, 0.4) is 0 Å². The molecule has 2 aromatic carbocycles. The van der Waals surface area contributed by atoms with E-state index in [1.165, 1.54) is 11.3 Å². The lowest BCUT2D eigenvalue weighted by Gasteiger charge is -2.33. The Morgan fingerprint density at radius 1 is 0.909 bits per heavy atom. The molecule has 1 unspecified atom stereocenters. The molecule has 55 heavy (non-hydrogen) atoms. The Kier molecular flexibility index (Phi) is 13.9. The van der Waals surface area contributed by atoms with Crippen LogP contribution in [-0.2, 0) is 35.4 Å². The van der Waals surface area contributed by atoms with Crippen LogP contribution in [0.1, 0.15) is 132 Å². The van der Waals surface area contributed by atoms with Crippen LogP contribution in [0.5, 0.6) is 0 Å². The number of thiophene rings is 1. The van der Waals surface area contributed by atoms with Crippen molar-refractivity contribution in [2.24, 2.45) is 11.3 Å². The molecule has 1 atom stereocenters. The van der Waals surface area contributed by atoms with Gasteiger partial charge < -0.3 is 25.7 Å². The number of carbonyl (C=O) groups is 5. The number of fused-ring (bicyclic) bond motifs is 1. The molecule has 0 bridgehead atoms. The summed E-state index contributed by atoms with van der Waals surface area (Å²) < 4.78 is 0. The van der Waals surface area contributed by atoms with Crippen molar-refractivity contribution in [3.8, 4) is 0 Å². The van der Waals surface area contributed by atoms with Crippen LogP contribution in [0.4, 0.5) is 5.00 Å². The molecule has 0 saturated heterocycles. The molecule has 0 radical (unpaired) electrons. The largest absolute Gasteiger partial charge is 0.481 e. The third kappa shape index (κ3) is 10.6. The average Bonchev–Trinajstić information content (AvgIpc) is 3.53. The maximum atomic E-state index is 13.9. The lowest BCUT2D eigenvalue weighted by molar-refractivity contribution is -0.152. The molecule has 1 heterocycles. The topological polar surface area (TPSA) is 153 Å². The molecule has 4 N–H and O–H groups in total. The van der Waals surface area contributed by atoms with Crippen molar-refractivity contribution in [1.29, 1.82) is 0 Å². The average molecular weight is 768 g/mol. The van der Waals surface area contributed by atoms with E-state index < -0.39 is 17.4 Å². The minimum atomic E-state index is -1.21. The molecule has 292 valence electrons. The van der Waals surface area contributed by atoms with Crippen LogP contribution in [0.25, 0.3) is 0 Å². The molecule has 0 spiro atoms. The highest BCUT2D eigenvalue weighted by molar-refractivity contribution is 7.17. The molecule has 11 heteroatoms. The first kappa shape index (κ1) is 41.1. The van der Waals surface area contributed by atoms with Gasteiger partial charge >= 0.3 is 11.9 Å².